The molecule has 3 N–H and O–H groups in total. The maximum absolute atomic E-state index is 13.0. The highest BCUT2D eigenvalue weighted by molar-refractivity contribution is 6.33. The topological polar surface area (TPSA) is 55.1 Å². The molecule has 0 unspecified atom stereocenters. The molecule has 0 bridgehead atoms. The van der Waals surface area contributed by atoms with Crippen LogP contribution in [0, 0.1) is 5.92 Å². The van der Waals surface area contributed by atoms with Gasteiger partial charge in [-0.2, -0.15) is 13.2 Å². The third-order valence-corrected chi connectivity index (χ3v) is 4.02. The average Bonchev–Trinajstić information content (AvgIpc) is 2.91. The molecular weight excluding hydrogens is 292 g/mol. The van der Waals surface area contributed by atoms with E-state index in [9.17, 15) is 18.0 Å². The fourth-order valence-electron chi connectivity index (χ4n) is 2.89. The lowest BCUT2D eigenvalue weighted by Crippen LogP contribution is -2.21. The van der Waals surface area contributed by atoms with E-state index in [1.807, 2.05) is 0 Å². The zero-order chi connectivity index (χ0) is 16.3. The van der Waals surface area contributed by atoms with E-state index in [0.29, 0.717) is 12.3 Å². The maximum Gasteiger partial charge on any atom is 0.418 e. The van der Waals surface area contributed by atoms with Crippen LogP contribution in [0.5, 0.6) is 0 Å². The van der Waals surface area contributed by atoms with E-state index in [2.05, 4.69) is 5.32 Å². The van der Waals surface area contributed by atoms with Gasteiger partial charge >= 0.3 is 6.18 Å². The number of amides is 1. The fraction of sp³-hybridized carbons (Fsp3) is 0.533. The fourth-order valence-corrected chi connectivity index (χ4v) is 2.89. The first-order valence-corrected chi connectivity index (χ1v) is 7.33. The molecule has 1 aromatic carbocycles. The van der Waals surface area contributed by atoms with Crippen molar-refractivity contribution in [2.24, 2.45) is 5.92 Å². The summed E-state index contributed by atoms with van der Waals surface area (Å²) in [5, 5.41) is 2.30. The Morgan fingerprint density at radius 3 is 2.55 bits per heavy atom. The second-order valence-electron chi connectivity index (χ2n) is 5.77. The van der Waals surface area contributed by atoms with Crippen LogP contribution in [0.25, 0.3) is 0 Å². The molecule has 1 saturated carbocycles. The van der Waals surface area contributed by atoms with E-state index in [-0.39, 0.29) is 17.6 Å². The number of nitrogen functional groups attached to an aromatic ring is 1. The number of hydrogen-bond acceptors (Lipinski definition) is 2. The van der Waals surface area contributed by atoms with Crippen molar-refractivity contribution >= 4 is 30.6 Å². The molecule has 2 rings (SSSR count). The van der Waals surface area contributed by atoms with Crippen LogP contribution < -0.4 is 16.5 Å². The van der Waals surface area contributed by atoms with Crippen molar-refractivity contribution in [3.63, 3.8) is 0 Å². The first kappa shape index (κ1) is 16.7. The number of carbonyl (C=O) groups is 1. The maximum atomic E-state index is 13.0. The van der Waals surface area contributed by atoms with E-state index in [4.69, 9.17) is 13.6 Å². The van der Waals surface area contributed by atoms with Gasteiger partial charge in [-0.05, 0) is 18.4 Å². The molecule has 22 heavy (non-hydrogen) atoms. The number of nitrogens with two attached hydrogens (primary N) is 1. The molecule has 0 aromatic heterocycles. The van der Waals surface area contributed by atoms with Crippen LogP contribution in [0.15, 0.2) is 12.1 Å². The van der Waals surface area contributed by atoms with Gasteiger partial charge < -0.3 is 11.1 Å². The molecule has 0 aliphatic heterocycles. The Hall–Kier alpha value is -1.66. The van der Waals surface area contributed by atoms with Crippen molar-refractivity contribution in [3.8, 4) is 0 Å². The summed E-state index contributed by atoms with van der Waals surface area (Å²) in [5.41, 5.74) is 3.90. The van der Waals surface area contributed by atoms with Crippen LogP contribution in [-0.4, -0.2) is 13.8 Å². The van der Waals surface area contributed by atoms with Gasteiger partial charge in [0, 0.05) is 6.42 Å². The quantitative estimate of drug-likeness (QED) is 0.663. The predicted molar refractivity (Wildman–Crippen MR) is 81.1 cm³/mol. The van der Waals surface area contributed by atoms with E-state index in [1.54, 1.807) is 0 Å². The van der Waals surface area contributed by atoms with E-state index < -0.39 is 23.3 Å². The lowest BCUT2D eigenvalue weighted by molar-refractivity contribution is -0.136. The number of carbonyl (C=O) groups excluding carboxylic acids is 1. The first-order chi connectivity index (χ1) is 10.3. The molecule has 0 saturated heterocycles. The normalized spacial score (nSPS) is 16.0. The molecule has 0 spiro atoms. The predicted octanol–water partition coefficient (Wildman–Crippen LogP) is 2.99. The summed E-state index contributed by atoms with van der Waals surface area (Å²) in [4.78, 5) is 11.9. The molecule has 1 aromatic rings. The molecule has 3 nitrogen and oxygen atoms in total. The number of benzene rings is 1. The van der Waals surface area contributed by atoms with Crippen molar-refractivity contribution in [2.45, 2.75) is 44.7 Å². The van der Waals surface area contributed by atoms with Gasteiger partial charge in [0.25, 0.3) is 0 Å². The monoisotopic (exact) mass is 310 g/mol. The molecule has 2 radical (unpaired) electrons. The standard InChI is InChI=1S/C15H18BF3N2O/c16-10-7-11(15(17,18)19)14(12(20)8-10)21-13(22)6-5-9-3-1-2-4-9/h7-9H,1-6,20H2,(H,21,22). The molecule has 0 atom stereocenters. The van der Waals surface area contributed by atoms with Gasteiger partial charge in [0.2, 0.25) is 5.91 Å². The molecule has 1 aliphatic rings. The third kappa shape index (κ3) is 4.18. The molecule has 118 valence electrons. The minimum absolute atomic E-state index is 0.0891. The second kappa shape index (κ2) is 6.63. The Kier molecular flexibility index (Phi) is 5.03. The van der Waals surface area contributed by atoms with E-state index in [1.165, 1.54) is 6.07 Å². The highest BCUT2D eigenvalue weighted by Gasteiger charge is 2.35. The van der Waals surface area contributed by atoms with Crippen molar-refractivity contribution in [1.29, 1.82) is 0 Å². The van der Waals surface area contributed by atoms with Gasteiger partial charge in [0.05, 0.1) is 16.9 Å². The Morgan fingerprint density at radius 1 is 1.32 bits per heavy atom. The van der Waals surface area contributed by atoms with Crippen molar-refractivity contribution in [2.75, 3.05) is 11.1 Å². The smallest absolute Gasteiger partial charge is 0.397 e. The summed E-state index contributed by atoms with van der Waals surface area (Å²) in [7, 11) is 5.40. The summed E-state index contributed by atoms with van der Waals surface area (Å²) < 4.78 is 39.1. The van der Waals surface area contributed by atoms with Gasteiger partial charge in [-0.25, -0.2) is 0 Å². The zero-order valence-corrected chi connectivity index (χ0v) is 12.2. The molecule has 1 aliphatic carbocycles. The summed E-state index contributed by atoms with van der Waals surface area (Å²) in [6.07, 6.45) is 0.770. The lowest BCUT2D eigenvalue weighted by Gasteiger charge is -2.17. The number of rotatable bonds is 4. The summed E-state index contributed by atoms with van der Waals surface area (Å²) in [6, 6.07) is 1.99. The minimum atomic E-state index is -4.63. The Morgan fingerprint density at radius 2 is 1.95 bits per heavy atom. The summed E-state index contributed by atoms with van der Waals surface area (Å²) >= 11 is 0. The number of anilines is 2. The minimum Gasteiger partial charge on any atom is -0.397 e. The van der Waals surface area contributed by atoms with Crippen LogP contribution in [-0.2, 0) is 11.0 Å². The van der Waals surface area contributed by atoms with Crippen LogP contribution in [0.3, 0.4) is 0 Å². The molecule has 0 heterocycles. The van der Waals surface area contributed by atoms with Gasteiger partial charge in [0.15, 0.2) is 0 Å². The van der Waals surface area contributed by atoms with Gasteiger partial charge in [-0.1, -0.05) is 37.2 Å². The highest BCUT2D eigenvalue weighted by atomic mass is 19.4. The Labute approximate surface area is 128 Å². The van der Waals surface area contributed by atoms with Crippen LogP contribution in [0.2, 0.25) is 0 Å². The van der Waals surface area contributed by atoms with E-state index in [0.717, 1.165) is 31.7 Å². The number of hydrogen-bond donors (Lipinski definition) is 2. The average molecular weight is 310 g/mol. The third-order valence-electron chi connectivity index (χ3n) is 4.02. The number of halogens is 3. The number of alkyl halides is 3. The Balaban J connectivity index is 2.09. The van der Waals surface area contributed by atoms with Crippen LogP contribution >= 0.6 is 0 Å². The van der Waals surface area contributed by atoms with Crippen molar-refractivity contribution in [3.05, 3.63) is 17.7 Å². The highest BCUT2D eigenvalue weighted by Crippen LogP contribution is 2.37. The van der Waals surface area contributed by atoms with Crippen molar-refractivity contribution in [1.82, 2.24) is 0 Å². The summed E-state index contributed by atoms with van der Waals surface area (Å²) in [5.74, 6) is 0.0467. The molecule has 1 fully saturated rings. The Bertz CT molecular complexity index is 554. The second-order valence-corrected chi connectivity index (χ2v) is 5.77. The van der Waals surface area contributed by atoms with E-state index >= 15 is 0 Å². The van der Waals surface area contributed by atoms with Gasteiger partial charge in [-0.3, -0.25) is 4.79 Å². The van der Waals surface area contributed by atoms with Gasteiger partial charge in [0.1, 0.15) is 7.85 Å². The molecular formula is C15H18BF3N2O. The number of nitrogens with one attached hydrogen (secondary N) is 1. The SMILES string of the molecule is [B]c1cc(N)c(NC(=O)CCC2CCCC2)c(C(F)(F)F)c1. The molecule has 1 amide bonds. The molecule has 7 heteroatoms. The summed E-state index contributed by atoms with van der Waals surface area (Å²) in [6.45, 7) is 0. The lowest BCUT2D eigenvalue weighted by atomic mass is 9.92. The van der Waals surface area contributed by atoms with Crippen LogP contribution in [0.1, 0.15) is 44.1 Å². The largest absolute Gasteiger partial charge is 0.418 e. The van der Waals surface area contributed by atoms with Crippen molar-refractivity contribution < 1.29 is 18.0 Å². The van der Waals surface area contributed by atoms with Gasteiger partial charge in [-0.15, -0.1) is 0 Å². The van der Waals surface area contributed by atoms with Crippen LogP contribution in [0.4, 0.5) is 24.5 Å². The zero-order valence-electron chi connectivity index (χ0n) is 12.2. The first-order valence-electron chi connectivity index (χ1n) is 7.33.